The van der Waals surface area contributed by atoms with Gasteiger partial charge in [0.1, 0.15) is 0 Å². The predicted molar refractivity (Wildman–Crippen MR) is 104 cm³/mol. The quantitative estimate of drug-likeness (QED) is 0.680. The van der Waals surface area contributed by atoms with Gasteiger partial charge >= 0.3 is 6.18 Å². The summed E-state index contributed by atoms with van der Waals surface area (Å²) in [6, 6.07) is 9.90. The maximum atomic E-state index is 13.2. The van der Waals surface area contributed by atoms with Gasteiger partial charge in [-0.3, -0.25) is 4.79 Å². The van der Waals surface area contributed by atoms with Crippen LogP contribution in [0.4, 0.5) is 24.5 Å². The van der Waals surface area contributed by atoms with Gasteiger partial charge < -0.3 is 19.4 Å². The largest absolute Gasteiger partial charge is 0.444 e. The number of alkyl halides is 3. The van der Waals surface area contributed by atoms with Crippen LogP contribution in [-0.4, -0.2) is 37.2 Å². The van der Waals surface area contributed by atoms with Crippen LogP contribution in [0.2, 0.25) is 0 Å². The van der Waals surface area contributed by atoms with Gasteiger partial charge in [0.05, 0.1) is 36.3 Å². The van der Waals surface area contributed by atoms with Crippen molar-refractivity contribution in [2.75, 3.05) is 36.5 Å². The first-order chi connectivity index (χ1) is 14.4. The molecule has 0 unspecified atom stereocenters. The molecule has 4 rings (SSSR count). The zero-order valence-corrected chi connectivity index (χ0v) is 15.8. The highest BCUT2D eigenvalue weighted by molar-refractivity contribution is 6.06. The van der Waals surface area contributed by atoms with E-state index in [4.69, 9.17) is 9.15 Å². The van der Waals surface area contributed by atoms with Crippen LogP contribution < -0.4 is 10.2 Å². The van der Waals surface area contributed by atoms with Crippen molar-refractivity contribution in [3.05, 3.63) is 66.2 Å². The Morgan fingerprint density at radius 2 is 1.80 bits per heavy atom. The van der Waals surface area contributed by atoms with Crippen LogP contribution in [0.3, 0.4) is 0 Å². The van der Waals surface area contributed by atoms with Gasteiger partial charge in [-0.2, -0.15) is 13.2 Å². The predicted octanol–water partition coefficient (Wildman–Crippen LogP) is 4.45. The van der Waals surface area contributed by atoms with Crippen LogP contribution in [0.5, 0.6) is 0 Å². The van der Waals surface area contributed by atoms with E-state index in [-0.39, 0.29) is 5.69 Å². The Morgan fingerprint density at radius 3 is 2.43 bits per heavy atom. The molecule has 1 amide bonds. The number of halogens is 3. The number of nitrogens with zero attached hydrogens (tertiary/aromatic N) is 2. The maximum absolute atomic E-state index is 13.2. The van der Waals surface area contributed by atoms with Crippen molar-refractivity contribution in [1.82, 2.24) is 4.98 Å². The van der Waals surface area contributed by atoms with Crippen molar-refractivity contribution in [2.24, 2.45) is 0 Å². The molecule has 1 fully saturated rings. The monoisotopic (exact) mass is 417 g/mol. The normalized spacial score (nSPS) is 14.6. The van der Waals surface area contributed by atoms with Gasteiger partial charge in [0.2, 0.25) is 0 Å². The molecule has 1 saturated heterocycles. The highest BCUT2D eigenvalue weighted by atomic mass is 19.4. The van der Waals surface area contributed by atoms with Gasteiger partial charge in [-0.25, -0.2) is 4.98 Å². The van der Waals surface area contributed by atoms with Crippen LogP contribution in [0.25, 0.3) is 11.3 Å². The summed E-state index contributed by atoms with van der Waals surface area (Å²) in [4.78, 5) is 18.5. The fourth-order valence-electron chi connectivity index (χ4n) is 3.23. The van der Waals surface area contributed by atoms with E-state index in [2.05, 4.69) is 10.3 Å². The molecule has 30 heavy (non-hydrogen) atoms. The molecule has 1 aliphatic rings. The number of hydrogen-bond acceptors (Lipinski definition) is 5. The molecule has 6 nitrogen and oxygen atoms in total. The zero-order chi connectivity index (χ0) is 21.1. The average Bonchev–Trinajstić information content (AvgIpc) is 3.29. The number of nitrogens with one attached hydrogen (secondary N) is 1. The maximum Gasteiger partial charge on any atom is 0.416 e. The third-order valence-electron chi connectivity index (χ3n) is 4.79. The number of anilines is 2. The van der Waals surface area contributed by atoms with Crippen LogP contribution in [0, 0.1) is 0 Å². The number of rotatable bonds is 4. The van der Waals surface area contributed by atoms with E-state index in [9.17, 15) is 18.0 Å². The molecule has 1 aromatic heterocycles. The van der Waals surface area contributed by atoms with E-state index in [0.717, 1.165) is 17.7 Å². The third kappa shape index (κ3) is 4.30. The summed E-state index contributed by atoms with van der Waals surface area (Å²) in [5, 5.41) is 2.63. The molecule has 2 heterocycles. The molecular formula is C21H18F3N3O3. The Bertz CT molecular complexity index is 1010. The molecule has 0 spiro atoms. The van der Waals surface area contributed by atoms with Gasteiger partial charge in [0.25, 0.3) is 5.91 Å². The van der Waals surface area contributed by atoms with E-state index >= 15 is 0 Å². The van der Waals surface area contributed by atoms with Crippen molar-refractivity contribution in [3.8, 4) is 11.3 Å². The van der Waals surface area contributed by atoms with Gasteiger partial charge in [-0.05, 0) is 30.3 Å². The molecule has 156 valence electrons. The number of amides is 1. The minimum atomic E-state index is -4.51. The fraction of sp³-hybridized carbons (Fsp3) is 0.238. The molecule has 0 radical (unpaired) electrons. The molecule has 3 aromatic rings. The van der Waals surface area contributed by atoms with E-state index in [1.54, 1.807) is 30.5 Å². The van der Waals surface area contributed by atoms with Crippen LogP contribution >= 0.6 is 0 Å². The number of oxazole rings is 1. The number of aromatic nitrogens is 1. The van der Waals surface area contributed by atoms with Gasteiger partial charge in [-0.1, -0.05) is 12.1 Å². The highest BCUT2D eigenvalue weighted by Gasteiger charge is 2.32. The molecule has 0 bridgehead atoms. The Hall–Kier alpha value is -3.33. The minimum absolute atomic E-state index is 0.107. The number of carbonyl (C=O) groups is 1. The average molecular weight is 417 g/mol. The first kappa shape index (κ1) is 20.0. The smallest absolute Gasteiger partial charge is 0.416 e. The second-order valence-electron chi connectivity index (χ2n) is 6.73. The molecule has 0 atom stereocenters. The summed E-state index contributed by atoms with van der Waals surface area (Å²) in [5.74, 6) is 0.0439. The van der Waals surface area contributed by atoms with Crippen molar-refractivity contribution in [2.45, 2.75) is 6.18 Å². The van der Waals surface area contributed by atoms with Crippen molar-refractivity contribution in [1.29, 1.82) is 0 Å². The summed E-state index contributed by atoms with van der Waals surface area (Å²) in [7, 11) is 0. The van der Waals surface area contributed by atoms with Gasteiger partial charge in [0.15, 0.2) is 12.2 Å². The topological polar surface area (TPSA) is 67.6 Å². The summed E-state index contributed by atoms with van der Waals surface area (Å²) < 4.78 is 50.2. The number of ether oxygens (including phenoxy) is 1. The lowest BCUT2D eigenvalue weighted by Gasteiger charge is -2.31. The molecular weight excluding hydrogens is 399 g/mol. The standard InChI is InChI=1S/C21H18F3N3O3/c22-21(23,24)16-5-6-18(27-7-9-29-10-8-27)17(11-16)26-20(28)15-3-1-14(2-4-15)19-12-25-13-30-19/h1-6,11-13H,7-10H2,(H,26,28). The van der Waals surface area contributed by atoms with E-state index in [0.29, 0.717) is 43.3 Å². The molecule has 2 aromatic carbocycles. The first-order valence-electron chi connectivity index (χ1n) is 9.26. The van der Waals surface area contributed by atoms with Crippen LogP contribution in [0.1, 0.15) is 15.9 Å². The third-order valence-corrected chi connectivity index (χ3v) is 4.79. The number of hydrogen-bond donors (Lipinski definition) is 1. The summed E-state index contributed by atoms with van der Waals surface area (Å²) in [5.41, 5.74) is 0.852. The van der Waals surface area contributed by atoms with Gasteiger partial charge in [0, 0.05) is 24.2 Å². The second-order valence-corrected chi connectivity index (χ2v) is 6.73. The summed E-state index contributed by atoms with van der Waals surface area (Å²) in [6.45, 7) is 2.00. The van der Waals surface area contributed by atoms with Crippen molar-refractivity contribution < 1.29 is 27.1 Å². The molecule has 9 heteroatoms. The lowest BCUT2D eigenvalue weighted by Crippen LogP contribution is -2.36. The van der Waals surface area contributed by atoms with E-state index in [1.165, 1.54) is 12.5 Å². The number of carbonyl (C=O) groups excluding carboxylic acids is 1. The first-order valence-corrected chi connectivity index (χ1v) is 9.26. The minimum Gasteiger partial charge on any atom is -0.444 e. The molecule has 0 saturated carbocycles. The number of morpholine rings is 1. The molecule has 0 aliphatic carbocycles. The fourth-order valence-corrected chi connectivity index (χ4v) is 3.23. The Balaban J connectivity index is 1.60. The Kier molecular flexibility index (Phi) is 5.45. The summed E-state index contributed by atoms with van der Waals surface area (Å²) in [6.07, 6.45) is -1.66. The van der Waals surface area contributed by atoms with Crippen molar-refractivity contribution in [3.63, 3.8) is 0 Å². The van der Waals surface area contributed by atoms with E-state index < -0.39 is 17.6 Å². The van der Waals surface area contributed by atoms with Gasteiger partial charge in [-0.15, -0.1) is 0 Å². The van der Waals surface area contributed by atoms with Crippen LogP contribution in [0.15, 0.2) is 59.5 Å². The molecule has 1 aliphatic heterocycles. The van der Waals surface area contributed by atoms with E-state index in [1.807, 2.05) is 4.90 Å². The second kappa shape index (κ2) is 8.19. The zero-order valence-electron chi connectivity index (χ0n) is 15.8. The van der Waals surface area contributed by atoms with Crippen LogP contribution in [-0.2, 0) is 10.9 Å². The summed E-state index contributed by atoms with van der Waals surface area (Å²) >= 11 is 0. The SMILES string of the molecule is O=C(Nc1cc(C(F)(F)F)ccc1N1CCOCC1)c1ccc(-c2cnco2)cc1. The molecule has 1 N–H and O–H groups in total. The lowest BCUT2D eigenvalue weighted by molar-refractivity contribution is -0.137. The number of benzene rings is 2. The Labute approximate surface area is 170 Å². The van der Waals surface area contributed by atoms with Crippen molar-refractivity contribution >= 4 is 17.3 Å². The Morgan fingerprint density at radius 1 is 1.07 bits per heavy atom. The lowest BCUT2D eigenvalue weighted by atomic mass is 10.1. The highest BCUT2D eigenvalue weighted by Crippen LogP contribution is 2.36.